The van der Waals surface area contributed by atoms with Gasteiger partial charge in [0.25, 0.3) is 0 Å². The van der Waals surface area contributed by atoms with Crippen LogP contribution >= 0.6 is 0 Å². The van der Waals surface area contributed by atoms with Crippen LogP contribution in [0.2, 0.25) is 0 Å². The van der Waals surface area contributed by atoms with E-state index in [2.05, 4.69) is 19.2 Å². The van der Waals surface area contributed by atoms with Crippen molar-refractivity contribution in [3.63, 3.8) is 0 Å². The molecule has 0 aliphatic rings. The first-order valence-corrected chi connectivity index (χ1v) is 7.41. The van der Waals surface area contributed by atoms with E-state index in [1.54, 1.807) is 0 Å². The van der Waals surface area contributed by atoms with Crippen LogP contribution in [0, 0.1) is 5.92 Å². The lowest BCUT2D eigenvalue weighted by atomic mass is 10.1. The van der Waals surface area contributed by atoms with Gasteiger partial charge in [-0.25, -0.2) is 0 Å². The predicted octanol–water partition coefficient (Wildman–Crippen LogP) is 1.73. The smallest absolute Gasteiger partial charge is 0.220 e. The number of hydrogen-bond donors (Lipinski definition) is 3. The lowest BCUT2D eigenvalue weighted by Crippen LogP contribution is -2.26. The van der Waals surface area contributed by atoms with Gasteiger partial charge in [0.2, 0.25) is 5.91 Å². The first-order valence-electron chi connectivity index (χ1n) is 7.41. The molecular formula is C16H26N2O3. The third-order valence-corrected chi connectivity index (χ3v) is 3.10. The zero-order chi connectivity index (χ0) is 15.7. The Morgan fingerprint density at radius 3 is 2.81 bits per heavy atom. The Bertz CT molecular complexity index is 447. The molecule has 0 heterocycles. The fourth-order valence-corrected chi connectivity index (χ4v) is 1.83. The van der Waals surface area contributed by atoms with E-state index in [9.17, 15) is 4.79 Å². The van der Waals surface area contributed by atoms with Crippen LogP contribution in [-0.4, -0.2) is 30.8 Å². The summed E-state index contributed by atoms with van der Waals surface area (Å²) in [5, 5.41) is 11.2. The van der Waals surface area contributed by atoms with E-state index in [-0.39, 0.29) is 12.5 Å². The minimum Gasteiger partial charge on any atom is -0.491 e. The van der Waals surface area contributed by atoms with Crippen LogP contribution in [0.15, 0.2) is 18.2 Å². The topological polar surface area (TPSA) is 84.6 Å². The van der Waals surface area contributed by atoms with Crippen LogP contribution in [0.4, 0.5) is 5.69 Å². The van der Waals surface area contributed by atoms with Crippen LogP contribution in [0.5, 0.6) is 5.75 Å². The van der Waals surface area contributed by atoms with E-state index in [4.69, 9.17) is 15.6 Å². The van der Waals surface area contributed by atoms with Crippen molar-refractivity contribution in [2.45, 2.75) is 33.1 Å². The Balaban J connectivity index is 2.44. The van der Waals surface area contributed by atoms with Crippen molar-refractivity contribution in [1.29, 1.82) is 0 Å². The number of nitrogens with one attached hydrogen (secondary N) is 1. The molecule has 0 unspecified atom stereocenters. The van der Waals surface area contributed by atoms with E-state index in [1.165, 1.54) is 0 Å². The second kappa shape index (κ2) is 9.23. The third kappa shape index (κ3) is 6.99. The number of nitrogens with two attached hydrogens (primary N) is 1. The maximum Gasteiger partial charge on any atom is 0.220 e. The lowest BCUT2D eigenvalue weighted by molar-refractivity contribution is -0.121. The highest BCUT2D eigenvalue weighted by Gasteiger charge is 2.05. The summed E-state index contributed by atoms with van der Waals surface area (Å²) in [6, 6.07) is 5.64. The first kappa shape index (κ1) is 17.3. The molecule has 1 aromatic carbocycles. The van der Waals surface area contributed by atoms with Gasteiger partial charge in [0, 0.05) is 13.0 Å². The van der Waals surface area contributed by atoms with Gasteiger partial charge in [-0.2, -0.15) is 0 Å². The number of anilines is 1. The van der Waals surface area contributed by atoms with Gasteiger partial charge in [-0.3, -0.25) is 4.79 Å². The monoisotopic (exact) mass is 294 g/mol. The molecule has 0 aliphatic heterocycles. The molecule has 1 rings (SSSR count). The van der Waals surface area contributed by atoms with E-state index in [0.717, 1.165) is 12.0 Å². The molecule has 0 saturated carbocycles. The quantitative estimate of drug-likeness (QED) is 0.606. The van der Waals surface area contributed by atoms with Crippen LogP contribution in [0.3, 0.4) is 0 Å². The fraction of sp³-hybridized carbons (Fsp3) is 0.562. The second-order valence-electron chi connectivity index (χ2n) is 5.48. The number of hydrogen-bond acceptors (Lipinski definition) is 4. The number of rotatable bonds is 9. The SMILES string of the molecule is CC(C)CCOc1ccc(CCC(=O)NCCO)cc1N. The van der Waals surface area contributed by atoms with Crippen molar-refractivity contribution in [3.8, 4) is 5.75 Å². The Morgan fingerprint density at radius 2 is 2.19 bits per heavy atom. The van der Waals surface area contributed by atoms with Gasteiger partial charge < -0.3 is 20.9 Å². The zero-order valence-electron chi connectivity index (χ0n) is 12.9. The summed E-state index contributed by atoms with van der Waals surface area (Å²) < 4.78 is 5.65. The largest absolute Gasteiger partial charge is 0.491 e. The maximum atomic E-state index is 11.5. The summed E-state index contributed by atoms with van der Waals surface area (Å²) in [4.78, 5) is 11.5. The molecular weight excluding hydrogens is 268 g/mol. The van der Waals surface area contributed by atoms with E-state index < -0.39 is 0 Å². The molecule has 1 aromatic rings. The zero-order valence-corrected chi connectivity index (χ0v) is 12.9. The molecule has 0 fully saturated rings. The number of aliphatic hydroxyl groups is 1. The molecule has 5 heteroatoms. The standard InChI is InChI=1S/C16H26N2O3/c1-12(2)7-10-21-15-5-3-13(11-14(15)17)4-6-16(20)18-8-9-19/h3,5,11-12,19H,4,6-10,17H2,1-2H3,(H,18,20). The van der Waals surface area contributed by atoms with Gasteiger partial charge in [0.05, 0.1) is 18.9 Å². The summed E-state index contributed by atoms with van der Waals surface area (Å²) in [5.74, 6) is 1.23. The summed E-state index contributed by atoms with van der Waals surface area (Å²) in [6.07, 6.45) is 1.99. The molecule has 118 valence electrons. The molecule has 0 aromatic heterocycles. The average Bonchev–Trinajstić information content (AvgIpc) is 2.44. The number of ether oxygens (including phenoxy) is 1. The van der Waals surface area contributed by atoms with Crippen LogP contribution in [-0.2, 0) is 11.2 Å². The molecule has 0 atom stereocenters. The molecule has 0 radical (unpaired) electrons. The van der Waals surface area contributed by atoms with E-state index >= 15 is 0 Å². The number of aliphatic hydroxyl groups excluding tert-OH is 1. The predicted molar refractivity (Wildman–Crippen MR) is 84.2 cm³/mol. The number of carbonyl (C=O) groups excluding carboxylic acids is 1. The van der Waals surface area contributed by atoms with Gasteiger partial charge in [-0.15, -0.1) is 0 Å². The Morgan fingerprint density at radius 1 is 1.43 bits per heavy atom. The summed E-state index contributed by atoms with van der Waals surface area (Å²) in [6.45, 7) is 5.21. The van der Waals surface area contributed by atoms with Crippen molar-refractivity contribution in [1.82, 2.24) is 5.32 Å². The summed E-state index contributed by atoms with van der Waals surface area (Å²) >= 11 is 0. The van der Waals surface area contributed by atoms with E-state index in [0.29, 0.717) is 43.3 Å². The third-order valence-electron chi connectivity index (χ3n) is 3.10. The van der Waals surface area contributed by atoms with Crippen LogP contribution < -0.4 is 15.8 Å². The van der Waals surface area contributed by atoms with Crippen molar-refractivity contribution in [2.75, 3.05) is 25.5 Å². The van der Waals surface area contributed by atoms with Crippen LogP contribution in [0.1, 0.15) is 32.3 Å². The van der Waals surface area contributed by atoms with Crippen molar-refractivity contribution < 1.29 is 14.6 Å². The number of carbonyl (C=O) groups is 1. The summed E-state index contributed by atoms with van der Waals surface area (Å²) in [5.41, 5.74) is 7.57. The Kier molecular flexibility index (Phi) is 7.61. The lowest BCUT2D eigenvalue weighted by Gasteiger charge is -2.11. The molecule has 1 amide bonds. The van der Waals surface area contributed by atoms with E-state index in [1.807, 2.05) is 18.2 Å². The average molecular weight is 294 g/mol. The summed E-state index contributed by atoms with van der Waals surface area (Å²) in [7, 11) is 0. The van der Waals surface area contributed by atoms with Gasteiger partial charge in [-0.1, -0.05) is 19.9 Å². The Hall–Kier alpha value is -1.75. The minimum atomic E-state index is -0.0696. The van der Waals surface area contributed by atoms with Gasteiger partial charge in [-0.05, 0) is 36.5 Å². The molecule has 0 spiro atoms. The highest BCUT2D eigenvalue weighted by atomic mass is 16.5. The highest BCUT2D eigenvalue weighted by molar-refractivity contribution is 5.76. The normalized spacial score (nSPS) is 10.7. The molecule has 0 aliphatic carbocycles. The molecule has 5 nitrogen and oxygen atoms in total. The molecule has 21 heavy (non-hydrogen) atoms. The number of nitrogen functional groups attached to an aromatic ring is 1. The first-order chi connectivity index (χ1) is 10.0. The number of benzene rings is 1. The van der Waals surface area contributed by atoms with Gasteiger partial charge in [0.15, 0.2) is 0 Å². The van der Waals surface area contributed by atoms with Gasteiger partial charge >= 0.3 is 0 Å². The molecule has 0 saturated heterocycles. The van der Waals surface area contributed by atoms with Crippen LogP contribution in [0.25, 0.3) is 0 Å². The van der Waals surface area contributed by atoms with Crippen molar-refractivity contribution in [3.05, 3.63) is 23.8 Å². The second-order valence-corrected chi connectivity index (χ2v) is 5.48. The molecule has 4 N–H and O–H groups in total. The Labute approximate surface area is 126 Å². The maximum absolute atomic E-state index is 11.5. The van der Waals surface area contributed by atoms with Crippen molar-refractivity contribution >= 4 is 11.6 Å². The number of aryl methyl sites for hydroxylation is 1. The van der Waals surface area contributed by atoms with Crippen molar-refractivity contribution in [2.24, 2.45) is 5.92 Å². The fourth-order valence-electron chi connectivity index (χ4n) is 1.83. The highest BCUT2D eigenvalue weighted by Crippen LogP contribution is 2.23. The minimum absolute atomic E-state index is 0.0406. The number of amides is 1. The molecule has 0 bridgehead atoms. The van der Waals surface area contributed by atoms with Gasteiger partial charge in [0.1, 0.15) is 5.75 Å².